The van der Waals surface area contributed by atoms with Gasteiger partial charge in [-0.05, 0) is 36.3 Å². The van der Waals surface area contributed by atoms with E-state index in [0.29, 0.717) is 12.0 Å². The van der Waals surface area contributed by atoms with E-state index in [2.05, 4.69) is 43.4 Å². The molecule has 1 aromatic rings. The van der Waals surface area contributed by atoms with Crippen LogP contribution in [0.25, 0.3) is 0 Å². The first-order chi connectivity index (χ1) is 8.20. The van der Waals surface area contributed by atoms with Gasteiger partial charge in [-0.25, -0.2) is 0 Å². The molecule has 0 spiro atoms. The Hall–Kier alpha value is -0.860. The van der Waals surface area contributed by atoms with E-state index in [9.17, 15) is 5.11 Å². The zero-order chi connectivity index (χ0) is 12.3. The molecule has 0 aliphatic carbocycles. The highest BCUT2D eigenvalue weighted by atomic mass is 16.3. The smallest absolute Gasteiger partial charge is 0.0584 e. The third-order valence-electron chi connectivity index (χ3n) is 3.71. The lowest BCUT2D eigenvalue weighted by Gasteiger charge is -2.30. The number of piperidine rings is 1. The molecule has 1 fully saturated rings. The zero-order valence-electron chi connectivity index (χ0n) is 10.8. The average Bonchev–Trinajstić information content (AvgIpc) is 2.39. The Morgan fingerprint density at radius 2 is 1.94 bits per heavy atom. The van der Waals surface area contributed by atoms with Crippen LogP contribution in [0.1, 0.15) is 56.2 Å². The van der Waals surface area contributed by atoms with Crippen LogP contribution in [0.15, 0.2) is 24.3 Å². The Morgan fingerprint density at radius 1 is 1.24 bits per heavy atom. The molecule has 2 heteroatoms. The summed E-state index contributed by atoms with van der Waals surface area (Å²) < 4.78 is 0. The minimum Gasteiger partial charge on any atom is -0.395 e. The normalized spacial score (nSPS) is 25.2. The van der Waals surface area contributed by atoms with Crippen molar-refractivity contribution in [2.75, 3.05) is 6.61 Å². The van der Waals surface area contributed by atoms with E-state index >= 15 is 0 Å². The molecule has 0 radical (unpaired) electrons. The Bertz CT molecular complexity index is 344. The number of rotatable bonds is 3. The van der Waals surface area contributed by atoms with Crippen LogP contribution in [0.4, 0.5) is 0 Å². The van der Waals surface area contributed by atoms with E-state index in [-0.39, 0.29) is 12.6 Å². The number of aliphatic hydroxyl groups is 1. The molecule has 2 unspecified atom stereocenters. The van der Waals surface area contributed by atoms with Crippen LogP contribution in [-0.4, -0.2) is 17.8 Å². The summed E-state index contributed by atoms with van der Waals surface area (Å²) in [5.41, 5.74) is 2.75. The molecule has 2 rings (SSSR count). The average molecular weight is 233 g/mol. The lowest BCUT2D eigenvalue weighted by Crippen LogP contribution is -2.39. The van der Waals surface area contributed by atoms with Gasteiger partial charge in [0.1, 0.15) is 0 Å². The number of benzene rings is 1. The van der Waals surface area contributed by atoms with Crippen molar-refractivity contribution in [3.8, 4) is 0 Å². The fourth-order valence-corrected chi connectivity index (χ4v) is 2.54. The van der Waals surface area contributed by atoms with Crippen LogP contribution in [0.5, 0.6) is 0 Å². The predicted molar refractivity (Wildman–Crippen MR) is 71.1 cm³/mol. The van der Waals surface area contributed by atoms with Crippen LogP contribution in [0.3, 0.4) is 0 Å². The monoisotopic (exact) mass is 233 g/mol. The van der Waals surface area contributed by atoms with E-state index < -0.39 is 0 Å². The second-order valence-corrected chi connectivity index (χ2v) is 5.35. The Balaban J connectivity index is 2.06. The van der Waals surface area contributed by atoms with Gasteiger partial charge in [0.2, 0.25) is 0 Å². The predicted octanol–water partition coefficient (Wildman–Crippen LogP) is 2.99. The maximum absolute atomic E-state index is 9.21. The Kier molecular flexibility index (Phi) is 4.19. The zero-order valence-corrected chi connectivity index (χ0v) is 10.8. The molecular weight excluding hydrogens is 210 g/mol. The first kappa shape index (κ1) is 12.6. The van der Waals surface area contributed by atoms with Crippen LogP contribution in [0.2, 0.25) is 0 Å². The van der Waals surface area contributed by atoms with E-state index in [4.69, 9.17) is 0 Å². The third kappa shape index (κ3) is 3.08. The van der Waals surface area contributed by atoms with Gasteiger partial charge >= 0.3 is 0 Å². The summed E-state index contributed by atoms with van der Waals surface area (Å²) >= 11 is 0. The number of nitrogens with one attached hydrogen (secondary N) is 1. The highest BCUT2D eigenvalue weighted by Gasteiger charge is 2.21. The van der Waals surface area contributed by atoms with Crippen LogP contribution < -0.4 is 5.32 Å². The molecule has 1 aliphatic heterocycles. The summed E-state index contributed by atoms with van der Waals surface area (Å²) in [6, 6.07) is 9.61. The number of aliphatic hydroxyl groups excluding tert-OH is 1. The minimum atomic E-state index is 0.251. The molecule has 1 aromatic carbocycles. The van der Waals surface area contributed by atoms with Crippen molar-refractivity contribution in [3.05, 3.63) is 35.4 Å². The molecule has 2 atom stereocenters. The van der Waals surface area contributed by atoms with Gasteiger partial charge in [0.05, 0.1) is 6.61 Å². The SMILES string of the molecule is CC(C)c1ccc(C2CCCC(CO)N2)cc1. The van der Waals surface area contributed by atoms with E-state index in [1.54, 1.807) is 0 Å². The molecular formula is C15H23NO. The summed E-state index contributed by atoms with van der Waals surface area (Å²) in [4.78, 5) is 0. The summed E-state index contributed by atoms with van der Waals surface area (Å²) in [5, 5.41) is 12.7. The first-order valence-corrected chi connectivity index (χ1v) is 6.67. The maximum Gasteiger partial charge on any atom is 0.0584 e. The van der Waals surface area contributed by atoms with Gasteiger partial charge in [-0.3, -0.25) is 0 Å². The van der Waals surface area contributed by atoms with Gasteiger partial charge in [0.15, 0.2) is 0 Å². The highest BCUT2D eigenvalue weighted by Crippen LogP contribution is 2.26. The molecule has 17 heavy (non-hydrogen) atoms. The molecule has 1 aliphatic rings. The molecule has 0 aromatic heterocycles. The molecule has 1 saturated heterocycles. The Labute approximate surface area is 104 Å². The lowest BCUT2D eigenvalue weighted by atomic mass is 9.92. The van der Waals surface area contributed by atoms with Gasteiger partial charge in [0.25, 0.3) is 0 Å². The topological polar surface area (TPSA) is 32.3 Å². The molecule has 0 saturated carbocycles. The van der Waals surface area contributed by atoms with E-state index in [1.165, 1.54) is 24.0 Å². The number of hydrogen-bond acceptors (Lipinski definition) is 2. The van der Waals surface area contributed by atoms with Crippen molar-refractivity contribution in [1.29, 1.82) is 0 Å². The summed E-state index contributed by atoms with van der Waals surface area (Å²) in [6.07, 6.45) is 3.48. The molecule has 0 bridgehead atoms. The largest absolute Gasteiger partial charge is 0.395 e. The highest BCUT2D eigenvalue weighted by molar-refractivity contribution is 5.27. The van der Waals surface area contributed by atoms with Gasteiger partial charge in [-0.1, -0.05) is 38.1 Å². The fourth-order valence-electron chi connectivity index (χ4n) is 2.54. The maximum atomic E-state index is 9.21. The second kappa shape index (κ2) is 5.65. The van der Waals surface area contributed by atoms with Crippen molar-refractivity contribution < 1.29 is 5.11 Å². The standard InChI is InChI=1S/C15H23NO/c1-11(2)12-6-8-13(9-7-12)15-5-3-4-14(10-17)16-15/h6-9,11,14-17H,3-5,10H2,1-2H3. The van der Waals surface area contributed by atoms with Crippen LogP contribution in [-0.2, 0) is 0 Å². The summed E-state index contributed by atoms with van der Waals surface area (Å²) in [7, 11) is 0. The van der Waals surface area contributed by atoms with Crippen molar-refractivity contribution >= 4 is 0 Å². The third-order valence-corrected chi connectivity index (χ3v) is 3.71. The molecule has 2 nitrogen and oxygen atoms in total. The first-order valence-electron chi connectivity index (χ1n) is 6.67. The molecule has 0 amide bonds. The summed E-state index contributed by atoms with van der Waals surface area (Å²) in [6.45, 7) is 4.69. The van der Waals surface area contributed by atoms with Crippen molar-refractivity contribution in [2.24, 2.45) is 0 Å². The molecule has 2 N–H and O–H groups in total. The fraction of sp³-hybridized carbons (Fsp3) is 0.600. The molecule has 1 heterocycles. The van der Waals surface area contributed by atoms with Crippen LogP contribution in [0, 0.1) is 0 Å². The quantitative estimate of drug-likeness (QED) is 0.841. The van der Waals surface area contributed by atoms with Gasteiger partial charge in [-0.15, -0.1) is 0 Å². The Morgan fingerprint density at radius 3 is 2.53 bits per heavy atom. The minimum absolute atomic E-state index is 0.251. The van der Waals surface area contributed by atoms with E-state index in [1.807, 2.05) is 0 Å². The molecule has 94 valence electrons. The number of hydrogen-bond donors (Lipinski definition) is 2. The van der Waals surface area contributed by atoms with Crippen molar-refractivity contribution in [3.63, 3.8) is 0 Å². The van der Waals surface area contributed by atoms with Gasteiger partial charge < -0.3 is 10.4 Å². The van der Waals surface area contributed by atoms with Crippen LogP contribution >= 0.6 is 0 Å². The second-order valence-electron chi connectivity index (χ2n) is 5.35. The van der Waals surface area contributed by atoms with E-state index in [0.717, 1.165) is 6.42 Å². The lowest BCUT2D eigenvalue weighted by molar-refractivity contribution is 0.198. The van der Waals surface area contributed by atoms with Crippen molar-refractivity contribution in [2.45, 2.75) is 51.1 Å². The summed E-state index contributed by atoms with van der Waals surface area (Å²) in [5.74, 6) is 0.591. The van der Waals surface area contributed by atoms with Crippen molar-refractivity contribution in [1.82, 2.24) is 5.32 Å². The van der Waals surface area contributed by atoms with Gasteiger partial charge in [0, 0.05) is 12.1 Å². The van der Waals surface area contributed by atoms with Gasteiger partial charge in [-0.2, -0.15) is 0 Å².